The third-order valence-corrected chi connectivity index (χ3v) is 5.80. The van der Waals surface area contributed by atoms with Crippen molar-refractivity contribution in [2.45, 2.75) is 23.5 Å². The van der Waals surface area contributed by atoms with E-state index in [1.165, 1.54) is 23.9 Å². The minimum atomic E-state index is -0.298. The van der Waals surface area contributed by atoms with E-state index in [1.54, 1.807) is 22.9 Å². The fraction of sp³-hybridized carbons (Fsp3) is 0.0870. The lowest BCUT2D eigenvalue weighted by Gasteiger charge is -2.12. The smallest absolute Gasteiger partial charge is 0.255 e. The minimum absolute atomic E-state index is 0.117. The Balaban J connectivity index is 1.57. The second-order valence-electron chi connectivity index (χ2n) is 6.81. The maximum atomic E-state index is 13.2. The first kappa shape index (κ1) is 21.1. The summed E-state index contributed by atoms with van der Waals surface area (Å²) in [5, 5.41) is 7.90. The Kier molecular flexibility index (Phi) is 6.34. The number of nitrogens with one attached hydrogen (secondary N) is 1. The first-order valence-corrected chi connectivity index (χ1v) is 10.7. The van der Waals surface area contributed by atoms with Crippen molar-refractivity contribution in [3.05, 3.63) is 101 Å². The SMILES string of the molecule is Cc1ccccc1C(=O)Nc1ccccc1Sc1nc(Cl)nn1Cc1ccc(F)cc1. The summed E-state index contributed by atoms with van der Waals surface area (Å²) >= 11 is 7.40. The molecule has 0 aliphatic heterocycles. The van der Waals surface area contributed by atoms with E-state index in [-0.39, 0.29) is 17.0 Å². The molecule has 1 heterocycles. The van der Waals surface area contributed by atoms with Gasteiger partial charge in [-0.05, 0) is 71.7 Å². The zero-order valence-corrected chi connectivity index (χ0v) is 18.1. The molecule has 0 saturated heterocycles. The minimum Gasteiger partial charge on any atom is -0.321 e. The normalized spacial score (nSPS) is 10.8. The predicted molar refractivity (Wildman–Crippen MR) is 120 cm³/mol. The number of anilines is 1. The Morgan fingerprint density at radius 2 is 1.77 bits per heavy atom. The average molecular weight is 453 g/mol. The highest BCUT2D eigenvalue weighted by Gasteiger charge is 2.15. The number of hydrogen-bond donors (Lipinski definition) is 1. The number of carbonyl (C=O) groups is 1. The Labute approximate surface area is 188 Å². The highest BCUT2D eigenvalue weighted by molar-refractivity contribution is 7.99. The molecule has 0 unspecified atom stereocenters. The topological polar surface area (TPSA) is 59.8 Å². The van der Waals surface area contributed by atoms with Gasteiger partial charge in [-0.2, -0.15) is 4.98 Å². The molecular weight excluding hydrogens is 435 g/mol. The van der Waals surface area contributed by atoms with E-state index in [9.17, 15) is 9.18 Å². The third kappa shape index (κ3) is 5.13. The van der Waals surface area contributed by atoms with Crippen LogP contribution in [0.4, 0.5) is 10.1 Å². The van der Waals surface area contributed by atoms with Gasteiger partial charge in [-0.25, -0.2) is 9.07 Å². The monoisotopic (exact) mass is 452 g/mol. The van der Waals surface area contributed by atoms with Crippen LogP contribution in [0.2, 0.25) is 5.28 Å². The average Bonchev–Trinajstić information content (AvgIpc) is 3.10. The molecule has 0 aliphatic rings. The van der Waals surface area contributed by atoms with E-state index in [1.807, 2.05) is 49.4 Å². The molecule has 1 amide bonds. The van der Waals surface area contributed by atoms with E-state index >= 15 is 0 Å². The summed E-state index contributed by atoms with van der Waals surface area (Å²) in [5.74, 6) is -0.481. The molecule has 0 atom stereocenters. The van der Waals surface area contributed by atoms with Crippen molar-refractivity contribution in [3.63, 3.8) is 0 Å². The zero-order chi connectivity index (χ0) is 21.8. The van der Waals surface area contributed by atoms with Crippen LogP contribution < -0.4 is 5.32 Å². The summed E-state index contributed by atoms with van der Waals surface area (Å²) in [5.41, 5.74) is 3.04. The highest BCUT2D eigenvalue weighted by Crippen LogP contribution is 2.33. The van der Waals surface area contributed by atoms with Crippen molar-refractivity contribution in [1.29, 1.82) is 0 Å². The zero-order valence-electron chi connectivity index (χ0n) is 16.5. The Morgan fingerprint density at radius 1 is 1.06 bits per heavy atom. The summed E-state index contributed by atoms with van der Waals surface area (Å²) in [6.07, 6.45) is 0. The van der Waals surface area contributed by atoms with Crippen molar-refractivity contribution in [2.24, 2.45) is 0 Å². The van der Waals surface area contributed by atoms with Crippen LogP contribution in [0, 0.1) is 12.7 Å². The third-order valence-electron chi connectivity index (χ3n) is 4.58. The molecule has 4 aromatic rings. The summed E-state index contributed by atoms with van der Waals surface area (Å²) in [4.78, 5) is 17.9. The Hall–Kier alpha value is -3.16. The summed E-state index contributed by atoms with van der Waals surface area (Å²) in [6, 6.07) is 21.1. The number of aromatic nitrogens is 3. The van der Waals surface area contributed by atoms with Crippen LogP contribution in [0.5, 0.6) is 0 Å². The van der Waals surface area contributed by atoms with Gasteiger partial charge in [0.15, 0.2) is 5.16 Å². The largest absolute Gasteiger partial charge is 0.321 e. The number of hydrogen-bond acceptors (Lipinski definition) is 4. The van der Waals surface area contributed by atoms with Crippen LogP contribution in [0.25, 0.3) is 0 Å². The predicted octanol–water partition coefficient (Wildman–Crippen LogP) is 5.83. The van der Waals surface area contributed by atoms with Gasteiger partial charge in [0, 0.05) is 10.5 Å². The number of para-hydroxylation sites is 1. The molecule has 4 rings (SSSR count). The molecule has 1 N–H and O–H groups in total. The molecular formula is C23H18ClFN4OS. The van der Waals surface area contributed by atoms with Crippen LogP contribution in [0.1, 0.15) is 21.5 Å². The number of nitrogens with zero attached hydrogens (tertiary/aromatic N) is 3. The van der Waals surface area contributed by atoms with Crippen LogP contribution >= 0.6 is 23.4 Å². The standard InChI is InChI=1S/C23H18ClFN4OS/c1-15-6-2-3-7-18(15)21(30)26-19-8-4-5-9-20(19)31-23-27-22(24)28-29(23)14-16-10-12-17(25)13-11-16/h2-13H,14H2,1H3,(H,26,30). The van der Waals surface area contributed by atoms with E-state index in [2.05, 4.69) is 15.4 Å². The highest BCUT2D eigenvalue weighted by atomic mass is 35.5. The molecule has 5 nitrogen and oxygen atoms in total. The maximum absolute atomic E-state index is 13.2. The molecule has 8 heteroatoms. The van der Waals surface area contributed by atoms with Gasteiger partial charge in [0.1, 0.15) is 5.82 Å². The first-order valence-electron chi connectivity index (χ1n) is 9.48. The van der Waals surface area contributed by atoms with Crippen molar-refractivity contribution >= 4 is 35.0 Å². The second kappa shape index (κ2) is 9.32. The lowest BCUT2D eigenvalue weighted by molar-refractivity contribution is 0.102. The number of benzene rings is 3. The number of carbonyl (C=O) groups excluding carboxylic acids is 1. The summed E-state index contributed by atoms with van der Waals surface area (Å²) < 4.78 is 14.9. The molecule has 0 fully saturated rings. The molecule has 0 saturated carbocycles. The Bertz CT molecular complexity index is 1230. The number of halogens is 2. The number of rotatable bonds is 6. The molecule has 3 aromatic carbocycles. The van der Waals surface area contributed by atoms with Crippen molar-refractivity contribution < 1.29 is 9.18 Å². The van der Waals surface area contributed by atoms with Gasteiger partial charge in [-0.3, -0.25) is 4.79 Å². The van der Waals surface area contributed by atoms with Gasteiger partial charge in [-0.1, -0.05) is 42.5 Å². The molecule has 0 radical (unpaired) electrons. The lowest BCUT2D eigenvalue weighted by Crippen LogP contribution is -2.13. The van der Waals surface area contributed by atoms with Crippen molar-refractivity contribution in [2.75, 3.05) is 5.32 Å². The molecule has 31 heavy (non-hydrogen) atoms. The van der Waals surface area contributed by atoms with E-state index in [4.69, 9.17) is 11.6 Å². The molecule has 0 aliphatic carbocycles. The van der Waals surface area contributed by atoms with Gasteiger partial charge in [0.2, 0.25) is 5.28 Å². The van der Waals surface area contributed by atoms with Gasteiger partial charge >= 0.3 is 0 Å². The number of aryl methyl sites for hydroxylation is 1. The van der Waals surface area contributed by atoms with Gasteiger partial charge in [0.05, 0.1) is 12.2 Å². The van der Waals surface area contributed by atoms with Crippen LogP contribution in [0.3, 0.4) is 0 Å². The van der Waals surface area contributed by atoms with Crippen LogP contribution in [-0.2, 0) is 6.54 Å². The van der Waals surface area contributed by atoms with Gasteiger partial charge in [0.25, 0.3) is 5.91 Å². The van der Waals surface area contributed by atoms with E-state index in [0.29, 0.717) is 23.0 Å². The maximum Gasteiger partial charge on any atom is 0.255 e. The second-order valence-corrected chi connectivity index (χ2v) is 8.16. The first-order chi connectivity index (χ1) is 15.0. The van der Waals surface area contributed by atoms with E-state index < -0.39 is 0 Å². The fourth-order valence-corrected chi connectivity index (χ4v) is 4.15. The van der Waals surface area contributed by atoms with Crippen LogP contribution in [-0.4, -0.2) is 20.7 Å². The van der Waals surface area contributed by atoms with Crippen molar-refractivity contribution in [1.82, 2.24) is 14.8 Å². The van der Waals surface area contributed by atoms with Gasteiger partial charge < -0.3 is 5.32 Å². The fourth-order valence-electron chi connectivity index (χ4n) is 3.02. The number of amides is 1. The lowest BCUT2D eigenvalue weighted by atomic mass is 10.1. The molecule has 0 bridgehead atoms. The van der Waals surface area contributed by atoms with Crippen LogP contribution in [0.15, 0.2) is 82.8 Å². The quantitative estimate of drug-likeness (QED) is 0.399. The molecule has 156 valence electrons. The summed E-state index contributed by atoms with van der Waals surface area (Å²) in [6.45, 7) is 2.29. The molecule has 1 aromatic heterocycles. The van der Waals surface area contributed by atoms with Gasteiger partial charge in [-0.15, -0.1) is 5.10 Å². The van der Waals surface area contributed by atoms with Crippen molar-refractivity contribution in [3.8, 4) is 0 Å². The summed E-state index contributed by atoms with van der Waals surface area (Å²) in [7, 11) is 0. The Morgan fingerprint density at radius 3 is 2.55 bits per heavy atom. The van der Waals surface area contributed by atoms with E-state index in [0.717, 1.165) is 16.0 Å². The molecule has 0 spiro atoms.